The molecular weight excluding hydrogens is 518 g/mol. The molecule has 1 fully saturated rings. The van der Waals surface area contributed by atoms with Crippen LogP contribution in [0.2, 0.25) is 0 Å². The third-order valence-electron chi connectivity index (χ3n) is 6.66. The van der Waals surface area contributed by atoms with Gasteiger partial charge in [-0.2, -0.15) is 0 Å². The van der Waals surface area contributed by atoms with Gasteiger partial charge in [-0.1, -0.05) is 18.2 Å². The number of aliphatic hydroxyl groups excluding tert-OH is 1. The Morgan fingerprint density at radius 2 is 1.88 bits per heavy atom. The highest BCUT2D eigenvalue weighted by Gasteiger charge is 2.57. The molecular formula is C29H33N3O8. The molecule has 4 rings (SSSR count). The molecule has 0 bridgehead atoms. The van der Waals surface area contributed by atoms with Gasteiger partial charge in [-0.15, -0.1) is 0 Å². The fourth-order valence-electron chi connectivity index (χ4n) is 4.68. The van der Waals surface area contributed by atoms with Crippen LogP contribution in [-0.2, 0) is 40.0 Å². The van der Waals surface area contributed by atoms with Gasteiger partial charge in [0.25, 0.3) is 0 Å². The zero-order valence-electron chi connectivity index (χ0n) is 22.9. The summed E-state index contributed by atoms with van der Waals surface area (Å²) < 4.78 is 15.9. The number of fused-ring (bicyclic) bond motifs is 1. The number of ether oxygens (including phenoxy) is 3. The molecule has 0 unspecified atom stereocenters. The van der Waals surface area contributed by atoms with Crippen molar-refractivity contribution in [2.75, 3.05) is 18.7 Å². The number of rotatable bonds is 10. The van der Waals surface area contributed by atoms with Gasteiger partial charge in [0, 0.05) is 18.1 Å². The molecule has 40 heavy (non-hydrogen) atoms. The molecule has 1 aromatic heterocycles. The van der Waals surface area contributed by atoms with Crippen LogP contribution < -0.4 is 5.32 Å². The number of carbonyl (C=O) groups excluding carboxylic acids is 4. The summed E-state index contributed by atoms with van der Waals surface area (Å²) in [7, 11) is 0. The molecule has 0 saturated carbocycles. The van der Waals surface area contributed by atoms with E-state index in [2.05, 4.69) is 10.3 Å². The SMILES string of the molecule is C[C@@H](O)[C@H]1C(=O)N2C(C(=O)OCOC(=O)C(C)(C)C)=C(c3cccc(COCC(=O)Nc4ccncc4)c3)C[C@H]12. The van der Waals surface area contributed by atoms with Gasteiger partial charge in [0.1, 0.15) is 12.3 Å². The molecule has 11 heteroatoms. The molecule has 212 valence electrons. The Morgan fingerprint density at radius 1 is 1.15 bits per heavy atom. The minimum absolute atomic E-state index is 0.0634. The lowest BCUT2D eigenvalue weighted by atomic mass is 9.82. The van der Waals surface area contributed by atoms with Crippen molar-refractivity contribution < 1.29 is 38.5 Å². The van der Waals surface area contributed by atoms with Crippen LogP contribution >= 0.6 is 0 Å². The highest BCUT2D eigenvalue weighted by atomic mass is 16.7. The van der Waals surface area contributed by atoms with Crippen molar-refractivity contribution >= 4 is 35.0 Å². The predicted molar refractivity (Wildman–Crippen MR) is 143 cm³/mol. The standard InChI is InChI=1S/C29H33N3O8/c1-17(33)24-22-13-21(25(32(22)26(24)35)27(36)39-16-40-28(37)29(2,3)4)19-7-5-6-18(12-19)14-38-15-23(34)31-20-8-10-30-11-9-20/h5-12,17,22,24,33H,13-16H2,1-4H3,(H,30,31,34)/t17-,22-,24-/m1/s1. The first kappa shape index (κ1) is 28.9. The molecule has 2 N–H and O–H groups in total. The average molecular weight is 552 g/mol. The maximum atomic E-state index is 13.2. The van der Waals surface area contributed by atoms with Crippen molar-refractivity contribution in [1.82, 2.24) is 9.88 Å². The first-order chi connectivity index (χ1) is 19.0. The summed E-state index contributed by atoms with van der Waals surface area (Å²) in [5, 5.41) is 12.9. The normalized spacial score (nSPS) is 19.0. The number of carbonyl (C=O) groups is 4. The van der Waals surface area contributed by atoms with Gasteiger partial charge < -0.3 is 29.5 Å². The molecule has 1 saturated heterocycles. The number of aromatic nitrogens is 1. The number of hydrogen-bond acceptors (Lipinski definition) is 9. The summed E-state index contributed by atoms with van der Waals surface area (Å²) in [6.07, 6.45) is 2.60. The van der Waals surface area contributed by atoms with Crippen molar-refractivity contribution in [2.24, 2.45) is 11.3 Å². The Balaban J connectivity index is 1.47. The largest absolute Gasteiger partial charge is 0.427 e. The second-order valence-electron chi connectivity index (χ2n) is 10.8. The highest BCUT2D eigenvalue weighted by molar-refractivity contribution is 6.06. The highest BCUT2D eigenvalue weighted by Crippen LogP contribution is 2.47. The van der Waals surface area contributed by atoms with Crippen LogP contribution in [0, 0.1) is 11.3 Å². The first-order valence-electron chi connectivity index (χ1n) is 12.9. The topological polar surface area (TPSA) is 144 Å². The molecule has 11 nitrogen and oxygen atoms in total. The lowest BCUT2D eigenvalue weighted by Gasteiger charge is -2.44. The van der Waals surface area contributed by atoms with Gasteiger partial charge >= 0.3 is 11.9 Å². The van der Waals surface area contributed by atoms with E-state index in [1.807, 2.05) is 12.1 Å². The summed E-state index contributed by atoms with van der Waals surface area (Å²) in [5.74, 6) is -2.65. The van der Waals surface area contributed by atoms with Crippen molar-refractivity contribution in [3.63, 3.8) is 0 Å². The zero-order chi connectivity index (χ0) is 29.0. The number of hydrogen-bond donors (Lipinski definition) is 2. The van der Waals surface area contributed by atoms with Crippen LogP contribution in [-0.4, -0.2) is 64.3 Å². The van der Waals surface area contributed by atoms with Crippen LogP contribution in [0.3, 0.4) is 0 Å². The second kappa shape index (κ2) is 12.0. The van der Waals surface area contributed by atoms with E-state index in [0.717, 1.165) is 5.56 Å². The van der Waals surface area contributed by atoms with Gasteiger partial charge in [0.2, 0.25) is 18.6 Å². The Hall–Kier alpha value is -4.09. The van der Waals surface area contributed by atoms with Crippen LogP contribution in [0.5, 0.6) is 0 Å². The fourth-order valence-corrected chi connectivity index (χ4v) is 4.68. The zero-order valence-corrected chi connectivity index (χ0v) is 22.9. The summed E-state index contributed by atoms with van der Waals surface area (Å²) in [5.41, 5.74) is 1.91. The maximum absolute atomic E-state index is 13.2. The lowest BCUT2D eigenvalue weighted by Crippen LogP contribution is -2.61. The molecule has 2 aromatic rings. The van der Waals surface area contributed by atoms with Crippen LogP contribution in [0.1, 0.15) is 45.2 Å². The molecule has 1 aromatic carbocycles. The third-order valence-corrected chi connectivity index (χ3v) is 6.66. The number of esters is 2. The number of amides is 2. The van der Waals surface area contributed by atoms with E-state index in [9.17, 15) is 24.3 Å². The Morgan fingerprint density at radius 3 is 2.55 bits per heavy atom. The van der Waals surface area contributed by atoms with Crippen molar-refractivity contribution in [1.29, 1.82) is 0 Å². The number of benzene rings is 1. The van der Waals surface area contributed by atoms with E-state index in [1.165, 1.54) is 4.90 Å². The minimum atomic E-state index is -0.879. The Kier molecular flexibility index (Phi) is 8.65. The van der Waals surface area contributed by atoms with Gasteiger partial charge in [0.05, 0.1) is 30.1 Å². The second-order valence-corrected chi connectivity index (χ2v) is 10.8. The van der Waals surface area contributed by atoms with Crippen molar-refractivity contribution in [3.05, 3.63) is 65.6 Å². The Labute approximate surface area is 232 Å². The van der Waals surface area contributed by atoms with E-state index in [4.69, 9.17) is 14.2 Å². The Bertz CT molecular complexity index is 1320. The number of pyridine rings is 1. The molecule has 2 aliphatic heterocycles. The quantitative estimate of drug-likeness (QED) is 0.259. The summed E-state index contributed by atoms with van der Waals surface area (Å²) in [6.45, 7) is 5.96. The van der Waals surface area contributed by atoms with Gasteiger partial charge in [-0.3, -0.25) is 19.4 Å². The molecule has 2 amide bonds. The molecule has 0 aliphatic carbocycles. The summed E-state index contributed by atoms with van der Waals surface area (Å²) >= 11 is 0. The smallest absolute Gasteiger partial charge is 0.358 e. The predicted octanol–water partition coefficient (Wildman–Crippen LogP) is 2.65. The molecule has 3 atom stereocenters. The molecule has 2 aliphatic rings. The first-order valence-corrected chi connectivity index (χ1v) is 12.9. The monoisotopic (exact) mass is 551 g/mol. The van der Waals surface area contributed by atoms with Crippen molar-refractivity contribution in [3.8, 4) is 0 Å². The summed E-state index contributed by atoms with van der Waals surface area (Å²) in [6, 6.07) is 10.2. The van der Waals surface area contributed by atoms with E-state index in [0.29, 0.717) is 23.2 Å². The van der Waals surface area contributed by atoms with E-state index < -0.39 is 36.2 Å². The van der Waals surface area contributed by atoms with E-state index >= 15 is 0 Å². The van der Waals surface area contributed by atoms with Gasteiger partial charge in [-0.25, -0.2) is 4.79 Å². The third kappa shape index (κ3) is 6.37. The molecule has 0 radical (unpaired) electrons. The number of anilines is 1. The average Bonchev–Trinajstić information content (AvgIpc) is 3.23. The van der Waals surface area contributed by atoms with E-state index in [1.54, 1.807) is 64.4 Å². The van der Waals surface area contributed by atoms with E-state index in [-0.39, 0.29) is 36.8 Å². The lowest BCUT2D eigenvalue weighted by molar-refractivity contribution is -0.175. The number of nitrogens with one attached hydrogen (secondary N) is 1. The number of β-lactam (4-membered cyclic amide) rings is 1. The number of nitrogens with zero attached hydrogens (tertiary/aromatic N) is 2. The van der Waals surface area contributed by atoms with Crippen LogP contribution in [0.25, 0.3) is 5.57 Å². The number of aliphatic hydroxyl groups is 1. The van der Waals surface area contributed by atoms with Gasteiger partial charge in [0.15, 0.2) is 0 Å². The summed E-state index contributed by atoms with van der Waals surface area (Å²) in [4.78, 5) is 55.5. The van der Waals surface area contributed by atoms with Crippen LogP contribution in [0.4, 0.5) is 5.69 Å². The minimum Gasteiger partial charge on any atom is -0.427 e. The maximum Gasteiger partial charge on any atom is 0.358 e. The molecule has 0 spiro atoms. The van der Waals surface area contributed by atoms with Crippen molar-refractivity contribution in [2.45, 2.75) is 52.9 Å². The molecule has 3 heterocycles. The fraction of sp³-hybridized carbons (Fsp3) is 0.414. The van der Waals surface area contributed by atoms with Crippen LogP contribution in [0.15, 0.2) is 54.5 Å². The van der Waals surface area contributed by atoms with Gasteiger partial charge in [-0.05, 0) is 69.0 Å².